The molecule has 0 aromatic rings. The summed E-state index contributed by atoms with van der Waals surface area (Å²) in [5.41, 5.74) is 0.487. The van der Waals surface area contributed by atoms with Gasteiger partial charge in [-0.2, -0.15) is 0 Å². The lowest BCUT2D eigenvalue weighted by Crippen LogP contribution is -2.17. The summed E-state index contributed by atoms with van der Waals surface area (Å²) in [6.07, 6.45) is 2.01. The Morgan fingerprint density at radius 3 is 2.55 bits per heavy atom. The minimum absolute atomic E-state index is 0.345. The van der Waals surface area contributed by atoms with Crippen LogP contribution >= 0.6 is 0 Å². The summed E-state index contributed by atoms with van der Waals surface area (Å²) in [6.45, 7) is 6.67. The topological polar surface area (TPSA) is 17.1 Å². The van der Waals surface area contributed by atoms with Crippen molar-refractivity contribution in [2.75, 3.05) is 0 Å². The van der Waals surface area contributed by atoms with Gasteiger partial charge in [0, 0.05) is 12.3 Å². The number of Topliss-reactive ketones (excluding diaryl/α,β-unsaturated/α-hetero) is 1. The molecule has 0 N–H and O–H groups in total. The molecule has 0 unspecified atom stereocenters. The van der Waals surface area contributed by atoms with Crippen molar-refractivity contribution in [3.05, 3.63) is 0 Å². The zero-order valence-electron chi connectivity index (χ0n) is 7.55. The molecule has 0 spiro atoms. The Labute approximate surface area is 68.2 Å². The third kappa shape index (κ3) is 0.863. The molecule has 2 rings (SSSR count). The minimum atomic E-state index is 0.345. The van der Waals surface area contributed by atoms with E-state index >= 15 is 0 Å². The molecule has 0 saturated heterocycles. The highest BCUT2D eigenvalue weighted by molar-refractivity contribution is 5.82. The molecule has 0 radical (unpaired) electrons. The lowest BCUT2D eigenvalue weighted by Gasteiger charge is -2.14. The maximum atomic E-state index is 11.3. The standard InChI is InChI=1S/C10H16O/c1-6-4-7-8(5-9(6)11)10(7,2)3/h6-8H,4-5H2,1-3H3/t6-,7+,8+/m0/s1. The fourth-order valence-electron chi connectivity index (χ4n) is 2.66. The Bertz CT molecular complexity index is 205. The molecule has 2 fully saturated rings. The Morgan fingerprint density at radius 2 is 2.00 bits per heavy atom. The highest BCUT2D eigenvalue weighted by atomic mass is 16.1. The van der Waals surface area contributed by atoms with Crippen LogP contribution in [0.5, 0.6) is 0 Å². The van der Waals surface area contributed by atoms with Gasteiger partial charge in [0.05, 0.1) is 0 Å². The van der Waals surface area contributed by atoms with Gasteiger partial charge in [0.15, 0.2) is 0 Å². The Morgan fingerprint density at radius 1 is 1.36 bits per heavy atom. The van der Waals surface area contributed by atoms with Crippen molar-refractivity contribution in [3.8, 4) is 0 Å². The molecule has 0 aromatic carbocycles. The van der Waals surface area contributed by atoms with Gasteiger partial charge in [0.2, 0.25) is 0 Å². The number of carbonyl (C=O) groups excluding carboxylic acids is 1. The van der Waals surface area contributed by atoms with Crippen molar-refractivity contribution in [2.45, 2.75) is 33.6 Å². The first-order valence-electron chi connectivity index (χ1n) is 4.56. The molecule has 0 amide bonds. The number of ketones is 1. The number of carbonyl (C=O) groups is 1. The first-order valence-corrected chi connectivity index (χ1v) is 4.56. The Balaban J connectivity index is 2.12. The molecule has 1 nitrogen and oxygen atoms in total. The molecule has 2 aliphatic rings. The average Bonchev–Trinajstić information content (AvgIpc) is 2.39. The highest BCUT2D eigenvalue weighted by Gasteiger charge is 2.60. The van der Waals surface area contributed by atoms with E-state index in [0.717, 1.165) is 24.7 Å². The average molecular weight is 152 g/mol. The molecule has 2 aliphatic carbocycles. The van der Waals surface area contributed by atoms with Crippen LogP contribution < -0.4 is 0 Å². The van der Waals surface area contributed by atoms with Crippen molar-refractivity contribution in [3.63, 3.8) is 0 Å². The van der Waals surface area contributed by atoms with Crippen LogP contribution in [-0.2, 0) is 4.79 Å². The van der Waals surface area contributed by atoms with Crippen LogP contribution in [0.15, 0.2) is 0 Å². The predicted molar refractivity (Wildman–Crippen MR) is 44.2 cm³/mol. The van der Waals surface area contributed by atoms with E-state index < -0.39 is 0 Å². The molecule has 0 aromatic heterocycles. The van der Waals surface area contributed by atoms with E-state index in [1.165, 1.54) is 0 Å². The number of hydrogen-bond acceptors (Lipinski definition) is 1. The van der Waals surface area contributed by atoms with Crippen molar-refractivity contribution in [1.29, 1.82) is 0 Å². The van der Waals surface area contributed by atoms with Gasteiger partial charge in [-0.15, -0.1) is 0 Å². The van der Waals surface area contributed by atoms with E-state index in [1.807, 2.05) is 0 Å². The van der Waals surface area contributed by atoms with Gasteiger partial charge in [0.25, 0.3) is 0 Å². The fraction of sp³-hybridized carbons (Fsp3) is 0.900. The van der Waals surface area contributed by atoms with Gasteiger partial charge >= 0.3 is 0 Å². The first kappa shape index (κ1) is 7.33. The largest absolute Gasteiger partial charge is 0.299 e. The van der Waals surface area contributed by atoms with Crippen LogP contribution in [0.4, 0.5) is 0 Å². The lowest BCUT2D eigenvalue weighted by molar-refractivity contribution is -0.124. The maximum absolute atomic E-state index is 11.3. The van der Waals surface area contributed by atoms with Gasteiger partial charge < -0.3 is 0 Å². The van der Waals surface area contributed by atoms with Crippen LogP contribution in [0, 0.1) is 23.2 Å². The molecule has 1 heteroatoms. The van der Waals surface area contributed by atoms with Gasteiger partial charge in [-0.1, -0.05) is 20.8 Å². The molecular formula is C10H16O. The summed E-state index contributed by atoms with van der Waals surface area (Å²) >= 11 is 0. The maximum Gasteiger partial charge on any atom is 0.136 e. The lowest BCUT2D eigenvalue weighted by atomic mass is 9.90. The monoisotopic (exact) mass is 152 g/mol. The van der Waals surface area contributed by atoms with Crippen LogP contribution in [0.1, 0.15) is 33.6 Å². The smallest absolute Gasteiger partial charge is 0.136 e. The Kier molecular flexibility index (Phi) is 1.25. The summed E-state index contributed by atoms with van der Waals surface area (Å²) in [7, 11) is 0. The fourth-order valence-corrected chi connectivity index (χ4v) is 2.66. The van der Waals surface area contributed by atoms with Gasteiger partial charge in [-0.25, -0.2) is 0 Å². The predicted octanol–water partition coefficient (Wildman–Crippen LogP) is 2.26. The SMILES string of the molecule is C[C@H]1C[C@@H]2[C@@H](CC1=O)C2(C)C. The van der Waals surface area contributed by atoms with E-state index in [1.54, 1.807) is 0 Å². The Hall–Kier alpha value is -0.330. The van der Waals surface area contributed by atoms with Gasteiger partial charge in [-0.05, 0) is 23.7 Å². The molecule has 0 heterocycles. The van der Waals surface area contributed by atoms with Crippen molar-refractivity contribution < 1.29 is 4.79 Å². The highest BCUT2D eigenvalue weighted by Crippen LogP contribution is 2.64. The van der Waals surface area contributed by atoms with Gasteiger partial charge in [0.1, 0.15) is 5.78 Å². The number of fused-ring (bicyclic) bond motifs is 1. The van der Waals surface area contributed by atoms with E-state index in [0.29, 0.717) is 17.1 Å². The second kappa shape index (κ2) is 1.88. The quantitative estimate of drug-likeness (QED) is 0.520. The molecule has 62 valence electrons. The van der Waals surface area contributed by atoms with E-state index in [4.69, 9.17) is 0 Å². The summed E-state index contributed by atoms with van der Waals surface area (Å²) in [5, 5.41) is 0. The van der Waals surface area contributed by atoms with Crippen molar-refractivity contribution >= 4 is 5.78 Å². The molecule has 0 aliphatic heterocycles. The van der Waals surface area contributed by atoms with Crippen LogP contribution in [-0.4, -0.2) is 5.78 Å². The van der Waals surface area contributed by atoms with Crippen LogP contribution in [0.2, 0.25) is 0 Å². The van der Waals surface area contributed by atoms with Gasteiger partial charge in [-0.3, -0.25) is 4.79 Å². The molecule has 11 heavy (non-hydrogen) atoms. The molecular weight excluding hydrogens is 136 g/mol. The summed E-state index contributed by atoms with van der Waals surface area (Å²) in [5.74, 6) is 2.43. The van der Waals surface area contributed by atoms with E-state index in [-0.39, 0.29) is 0 Å². The molecule has 2 saturated carbocycles. The number of hydrogen-bond donors (Lipinski definition) is 0. The summed E-state index contributed by atoms with van der Waals surface area (Å²) in [6, 6.07) is 0. The number of rotatable bonds is 0. The summed E-state index contributed by atoms with van der Waals surface area (Å²) in [4.78, 5) is 11.3. The molecule has 3 atom stereocenters. The third-order valence-corrected chi connectivity index (χ3v) is 3.87. The second-order valence-corrected chi connectivity index (χ2v) is 4.84. The van der Waals surface area contributed by atoms with E-state index in [9.17, 15) is 4.79 Å². The van der Waals surface area contributed by atoms with Crippen LogP contribution in [0.3, 0.4) is 0 Å². The van der Waals surface area contributed by atoms with Crippen molar-refractivity contribution in [1.82, 2.24) is 0 Å². The first-order chi connectivity index (χ1) is 5.03. The normalized spacial score (nSPS) is 46.8. The minimum Gasteiger partial charge on any atom is -0.299 e. The molecule has 0 bridgehead atoms. The van der Waals surface area contributed by atoms with E-state index in [2.05, 4.69) is 20.8 Å². The van der Waals surface area contributed by atoms with Crippen LogP contribution in [0.25, 0.3) is 0 Å². The zero-order valence-corrected chi connectivity index (χ0v) is 7.55. The van der Waals surface area contributed by atoms with Crippen molar-refractivity contribution in [2.24, 2.45) is 23.2 Å². The zero-order chi connectivity index (χ0) is 8.22. The summed E-state index contributed by atoms with van der Waals surface area (Å²) < 4.78 is 0. The third-order valence-electron chi connectivity index (χ3n) is 3.87. The second-order valence-electron chi connectivity index (χ2n) is 4.84.